The molecule has 0 saturated carbocycles. The number of hydrogen-bond acceptors (Lipinski definition) is 0. The molecule has 0 aliphatic heterocycles. The molecule has 2 aromatic rings. The van der Waals surface area contributed by atoms with Gasteiger partial charge in [0.05, 0.1) is 0 Å². The minimum atomic E-state index is -1.78. The maximum Gasteiger partial charge on any atom is 0.198 e. The first-order chi connectivity index (χ1) is 9.50. The first-order valence-corrected chi connectivity index (χ1v) is 6.12. The quantitative estimate of drug-likeness (QED) is 0.402. The second-order valence-corrected chi connectivity index (χ2v) is 4.79. The minimum Gasteiger partial charge on any atom is -0.204 e. The third-order valence-corrected chi connectivity index (χ3v) is 3.67. The predicted octanol–water partition coefficient (Wildman–Crippen LogP) is 4.73. The molecule has 3 rings (SSSR count). The van der Waals surface area contributed by atoms with Crippen LogP contribution in [0.5, 0.6) is 0 Å². The Morgan fingerprint density at radius 2 is 1.55 bits per heavy atom. The SMILES string of the molecule is CC1=C(c2cc(F)c(F)c(F)c2F)Cc2ccccc21. The Morgan fingerprint density at radius 3 is 2.25 bits per heavy atom. The molecule has 0 heterocycles. The van der Waals surface area contributed by atoms with Crippen LogP contribution >= 0.6 is 0 Å². The molecule has 4 heteroatoms. The van der Waals surface area contributed by atoms with Gasteiger partial charge in [-0.25, -0.2) is 17.6 Å². The van der Waals surface area contributed by atoms with Gasteiger partial charge in [0.1, 0.15) is 0 Å². The molecule has 2 aromatic carbocycles. The van der Waals surface area contributed by atoms with Crippen molar-refractivity contribution in [2.75, 3.05) is 0 Å². The molecule has 0 atom stereocenters. The standard InChI is InChI=1S/C16H10F4/c1-8-10-5-3-2-4-9(10)6-11(8)12-7-13(17)15(19)16(20)14(12)18/h2-5,7H,6H2,1H3. The molecule has 0 fully saturated rings. The van der Waals surface area contributed by atoms with E-state index in [-0.39, 0.29) is 5.56 Å². The molecule has 0 aromatic heterocycles. The zero-order valence-electron chi connectivity index (χ0n) is 10.6. The molecule has 1 aliphatic carbocycles. The van der Waals surface area contributed by atoms with Crippen molar-refractivity contribution in [2.45, 2.75) is 13.3 Å². The van der Waals surface area contributed by atoms with Crippen LogP contribution in [0.1, 0.15) is 23.6 Å². The van der Waals surface area contributed by atoms with Crippen molar-refractivity contribution in [3.05, 3.63) is 70.3 Å². The summed E-state index contributed by atoms with van der Waals surface area (Å²) >= 11 is 0. The van der Waals surface area contributed by atoms with E-state index in [4.69, 9.17) is 0 Å². The second kappa shape index (κ2) is 4.47. The van der Waals surface area contributed by atoms with Crippen LogP contribution in [0.2, 0.25) is 0 Å². The molecule has 20 heavy (non-hydrogen) atoms. The van der Waals surface area contributed by atoms with Crippen molar-refractivity contribution in [3.8, 4) is 0 Å². The van der Waals surface area contributed by atoms with Crippen molar-refractivity contribution < 1.29 is 17.6 Å². The van der Waals surface area contributed by atoms with E-state index in [0.717, 1.165) is 22.8 Å². The third-order valence-electron chi connectivity index (χ3n) is 3.67. The third kappa shape index (κ3) is 1.75. The smallest absolute Gasteiger partial charge is 0.198 e. The Labute approximate surface area is 113 Å². The highest BCUT2D eigenvalue weighted by Gasteiger charge is 2.26. The van der Waals surface area contributed by atoms with Gasteiger partial charge in [-0.3, -0.25) is 0 Å². The molecule has 1 aliphatic rings. The van der Waals surface area contributed by atoms with Crippen molar-refractivity contribution in [3.63, 3.8) is 0 Å². The van der Waals surface area contributed by atoms with Gasteiger partial charge in [-0.1, -0.05) is 24.3 Å². The van der Waals surface area contributed by atoms with Gasteiger partial charge in [0.2, 0.25) is 0 Å². The highest BCUT2D eigenvalue weighted by Crippen LogP contribution is 2.39. The lowest BCUT2D eigenvalue weighted by atomic mass is 10.00. The maximum absolute atomic E-state index is 13.9. The van der Waals surface area contributed by atoms with E-state index in [0.29, 0.717) is 12.0 Å². The van der Waals surface area contributed by atoms with E-state index < -0.39 is 23.3 Å². The second-order valence-electron chi connectivity index (χ2n) is 4.79. The zero-order chi connectivity index (χ0) is 14.4. The number of allylic oxidation sites excluding steroid dienone is 2. The zero-order valence-corrected chi connectivity index (χ0v) is 10.6. The van der Waals surface area contributed by atoms with Crippen LogP contribution in [0.3, 0.4) is 0 Å². The Bertz CT molecular complexity index is 744. The topological polar surface area (TPSA) is 0 Å². The Balaban J connectivity index is 2.20. The lowest BCUT2D eigenvalue weighted by Gasteiger charge is -2.08. The molecule has 102 valence electrons. The first kappa shape index (κ1) is 12.9. The highest BCUT2D eigenvalue weighted by molar-refractivity contribution is 5.96. The van der Waals surface area contributed by atoms with Gasteiger partial charge in [-0.05, 0) is 41.7 Å². The van der Waals surface area contributed by atoms with Crippen LogP contribution in [0.25, 0.3) is 11.1 Å². The summed E-state index contributed by atoms with van der Waals surface area (Å²) in [5.41, 5.74) is 2.91. The molecular weight excluding hydrogens is 268 g/mol. The van der Waals surface area contributed by atoms with Crippen molar-refractivity contribution >= 4 is 11.1 Å². The fraction of sp³-hybridized carbons (Fsp3) is 0.125. The molecule has 0 spiro atoms. The van der Waals surface area contributed by atoms with E-state index in [1.165, 1.54) is 0 Å². The van der Waals surface area contributed by atoms with Crippen LogP contribution in [-0.2, 0) is 6.42 Å². The van der Waals surface area contributed by atoms with Crippen molar-refractivity contribution in [2.24, 2.45) is 0 Å². The van der Waals surface area contributed by atoms with Gasteiger partial charge in [-0.15, -0.1) is 0 Å². The predicted molar refractivity (Wildman–Crippen MR) is 68.9 cm³/mol. The van der Waals surface area contributed by atoms with Gasteiger partial charge in [0.25, 0.3) is 0 Å². The fourth-order valence-corrected chi connectivity index (χ4v) is 2.62. The van der Waals surface area contributed by atoms with Gasteiger partial charge < -0.3 is 0 Å². The average molecular weight is 278 g/mol. The number of hydrogen-bond donors (Lipinski definition) is 0. The number of rotatable bonds is 1. The Hall–Kier alpha value is -2.10. The summed E-state index contributed by atoms with van der Waals surface area (Å²) < 4.78 is 53.6. The Morgan fingerprint density at radius 1 is 0.850 bits per heavy atom. The lowest BCUT2D eigenvalue weighted by molar-refractivity contribution is 0.407. The monoisotopic (exact) mass is 278 g/mol. The number of halogens is 4. The summed E-state index contributed by atoms with van der Waals surface area (Å²) in [5, 5.41) is 0. The first-order valence-electron chi connectivity index (χ1n) is 6.12. The van der Waals surface area contributed by atoms with Gasteiger partial charge in [0.15, 0.2) is 23.3 Å². The lowest BCUT2D eigenvalue weighted by Crippen LogP contribution is -2.01. The van der Waals surface area contributed by atoms with Crippen molar-refractivity contribution in [1.29, 1.82) is 0 Å². The van der Waals surface area contributed by atoms with Crippen LogP contribution in [0.15, 0.2) is 30.3 Å². The van der Waals surface area contributed by atoms with E-state index >= 15 is 0 Å². The maximum atomic E-state index is 13.9. The molecule has 0 unspecified atom stereocenters. The van der Waals surface area contributed by atoms with Crippen molar-refractivity contribution in [1.82, 2.24) is 0 Å². The summed E-state index contributed by atoms with van der Waals surface area (Å²) in [7, 11) is 0. The van der Waals surface area contributed by atoms with Crippen LogP contribution in [0, 0.1) is 23.3 Å². The number of benzene rings is 2. The Kier molecular flexibility index (Phi) is 2.89. The average Bonchev–Trinajstić information content (AvgIpc) is 2.78. The highest BCUT2D eigenvalue weighted by atomic mass is 19.2. The van der Waals surface area contributed by atoms with E-state index in [9.17, 15) is 17.6 Å². The summed E-state index contributed by atoms with van der Waals surface area (Å²) in [4.78, 5) is 0. The molecule has 0 saturated heterocycles. The van der Waals surface area contributed by atoms with E-state index in [2.05, 4.69) is 0 Å². The molecule has 0 nitrogen and oxygen atoms in total. The summed E-state index contributed by atoms with van der Waals surface area (Å²) in [6.45, 7) is 1.76. The minimum absolute atomic E-state index is 0.213. The summed E-state index contributed by atoms with van der Waals surface area (Å²) in [6.07, 6.45) is 0.378. The van der Waals surface area contributed by atoms with Gasteiger partial charge in [-0.2, -0.15) is 0 Å². The van der Waals surface area contributed by atoms with Crippen LogP contribution in [0.4, 0.5) is 17.6 Å². The largest absolute Gasteiger partial charge is 0.204 e. The fourth-order valence-electron chi connectivity index (χ4n) is 2.62. The molecule has 0 N–H and O–H groups in total. The molecule has 0 amide bonds. The summed E-state index contributed by atoms with van der Waals surface area (Å²) in [5.74, 6) is -6.27. The van der Waals surface area contributed by atoms with Crippen LogP contribution in [-0.4, -0.2) is 0 Å². The van der Waals surface area contributed by atoms with E-state index in [1.54, 1.807) is 6.92 Å². The van der Waals surface area contributed by atoms with E-state index in [1.807, 2.05) is 24.3 Å². The molecule has 0 radical (unpaired) electrons. The number of fused-ring (bicyclic) bond motifs is 1. The molecular formula is C16H10F4. The molecule has 0 bridgehead atoms. The van der Waals surface area contributed by atoms with Crippen LogP contribution < -0.4 is 0 Å². The van der Waals surface area contributed by atoms with Gasteiger partial charge in [0, 0.05) is 5.56 Å². The normalized spacial score (nSPS) is 13.8. The summed E-state index contributed by atoms with van der Waals surface area (Å²) in [6, 6.07) is 8.15. The van der Waals surface area contributed by atoms with Gasteiger partial charge >= 0.3 is 0 Å².